The maximum absolute atomic E-state index is 7.25. The average Bonchev–Trinajstić information content (AvgIpc) is 1.85. The molecule has 0 atom stereocenters. The van der Waals surface area contributed by atoms with E-state index in [1.165, 1.54) is 0 Å². The molecule has 0 amide bonds. The summed E-state index contributed by atoms with van der Waals surface area (Å²) >= 11 is 0. The Balaban J connectivity index is 3.32. The molecule has 3 N–H and O–H groups in total. The molecule has 0 unspecified atom stereocenters. The van der Waals surface area contributed by atoms with Crippen LogP contribution in [0.4, 0.5) is 0 Å². The summed E-state index contributed by atoms with van der Waals surface area (Å²) in [6, 6.07) is 1.85. The number of aryl methyl sites for hydroxylation is 2. The van der Waals surface area contributed by atoms with Crippen LogP contribution < -0.4 is 5.73 Å². The van der Waals surface area contributed by atoms with E-state index in [-0.39, 0.29) is 5.84 Å². The highest BCUT2D eigenvalue weighted by Gasteiger charge is 2.04. The quantitative estimate of drug-likeness (QED) is 0.462. The van der Waals surface area contributed by atoms with Crippen LogP contribution in [0, 0.1) is 19.3 Å². The van der Waals surface area contributed by atoms with Gasteiger partial charge in [-0.15, -0.1) is 0 Å². The molecule has 1 heterocycles. The molecule has 1 rings (SSSR count). The Bertz CT molecular complexity index is 271. The summed E-state index contributed by atoms with van der Waals surface area (Å²) in [6.07, 6.45) is 1.72. The van der Waals surface area contributed by atoms with Gasteiger partial charge in [0.25, 0.3) is 0 Å². The van der Waals surface area contributed by atoms with E-state index in [4.69, 9.17) is 11.1 Å². The van der Waals surface area contributed by atoms with Crippen LogP contribution in [-0.4, -0.2) is 10.8 Å². The van der Waals surface area contributed by atoms with Crippen molar-refractivity contribution in [2.45, 2.75) is 13.8 Å². The van der Waals surface area contributed by atoms with Gasteiger partial charge in [0.1, 0.15) is 5.84 Å². The topological polar surface area (TPSA) is 62.8 Å². The number of hydrogen-bond donors (Lipinski definition) is 2. The zero-order valence-electron chi connectivity index (χ0n) is 6.68. The summed E-state index contributed by atoms with van der Waals surface area (Å²) in [5.41, 5.74) is 7.94. The van der Waals surface area contributed by atoms with Gasteiger partial charge in [-0.1, -0.05) is 0 Å². The molecule has 3 heteroatoms. The van der Waals surface area contributed by atoms with Crippen molar-refractivity contribution >= 4 is 5.84 Å². The van der Waals surface area contributed by atoms with Crippen LogP contribution in [0.1, 0.15) is 16.8 Å². The summed E-state index contributed by atoms with van der Waals surface area (Å²) in [5, 5.41) is 7.25. The number of amidine groups is 1. The largest absolute Gasteiger partial charge is 0.384 e. The number of pyridine rings is 1. The van der Waals surface area contributed by atoms with Gasteiger partial charge in [0.15, 0.2) is 0 Å². The molecule has 0 bridgehead atoms. The first-order chi connectivity index (χ1) is 5.13. The predicted octanol–water partition coefficient (Wildman–Crippen LogP) is 0.983. The Labute approximate surface area is 65.8 Å². The lowest BCUT2D eigenvalue weighted by atomic mass is 10.1. The van der Waals surface area contributed by atoms with E-state index in [2.05, 4.69) is 4.98 Å². The van der Waals surface area contributed by atoms with Crippen LogP contribution in [0.15, 0.2) is 12.3 Å². The molecule has 0 radical (unpaired) electrons. The number of nitrogens with two attached hydrogens (primary N) is 1. The fourth-order valence-corrected chi connectivity index (χ4v) is 1.10. The standard InChI is InChI=1S/C8H11N3/c1-5-3-4-11-6(2)7(5)8(9)10/h3-4H,1-2H3,(H3,9,10). The minimum absolute atomic E-state index is 0.0908. The smallest absolute Gasteiger partial charge is 0.124 e. The van der Waals surface area contributed by atoms with Gasteiger partial charge in [-0.05, 0) is 25.5 Å². The highest BCUT2D eigenvalue weighted by molar-refractivity contribution is 5.97. The van der Waals surface area contributed by atoms with Crippen molar-refractivity contribution in [3.63, 3.8) is 0 Å². The minimum Gasteiger partial charge on any atom is -0.384 e. The van der Waals surface area contributed by atoms with Crippen molar-refractivity contribution in [2.24, 2.45) is 5.73 Å². The Morgan fingerprint density at radius 2 is 2.18 bits per heavy atom. The Morgan fingerprint density at radius 3 is 2.55 bits per heavy atom. The van der Waals surface area contributed by atoms with Gasteiger partial charge in [-0.3, -0.25) is 10.4 Å². The van der Waals surface area contributed by atoms with Crippen molar-refractivity contribution in [3.8, 4) is 0 Å². The summed E-state index contributed by atoms with van der Waals surface area (Å²) in [7, 11) is 0. The third kappa shape index (κ3) is 1.37. The van der Waals surface area contributed by atoms with Gasteiger partial charge in [-0.25, -0.2) is 0 Å². The van der Waals surface area contributed by atoms with Crippen molar-refractivity contribution < 1.29 is 0 Å². The monoisotopic (exact) mass is 149 g/mol. The van der Waals surface area contributed by atoms with E-state index < -0.39 is 0 Å². The second kappa shape index (κ2) is 2.70. The maximum atomic E-state index is 7.25. The molecule has 0 aliphatic rings. The number of nitrogens with one attached hydrogen (secondary N) is 1. The first kappa shape index (κ1) is 7.72. The van der Waals surface area contributed by atoms with Gasteiger partial charge in [0.2, 0.25) is 0 Å². The SMILES string of the molecule is Cc1ccnc(C)c1C(=N)N. The van der Waals surface area contributed by atoms with E-state index in [1.54, 1.807) is 6.20 Å². The Morgan fingerprint density at radius 1 is 1.55 bits per heavy atom. The van der Waals surface area contributed by atoms with Crippen LogP contribution in [0.25, 0.3) is 0 Å². The highest BCUT2D eigenvalue weighted by Crippen LogP contribution is 2.08. The summed E-state index contributed by atoms with van der Waals surface area (Å²) < 4.78 is 0. The van der Waals surface area contributed by atoms with E-state index in [0.717, 1.165) is 16.8 Å². The molecular weight excluding hydrogens is 138 g/mol. The van der Waals surface area contributed by atoms with Crippen LogP contribution in [0.3, 0.4) is 0 Å². The third-order valence-corrected chi connectivity index (χ3v) is 1.62. The Kier molecular flexibility index (Phi) is 1.89. The molecule has 0 aliphatic carbocycles. The fraction of sp³-hybridized carbons (Fsp3) is 0.250. The first-order valence-electron chi connectivity index (χ1n) is 3.39. The van der Waals surface area contributed by atoms with Gasteiger partial charge in [0.05, 0.1) is 0 Å². The fourth-order valence-electron chi connectivity index (χ4n) is 1.10. The molecule has 0 saturated carbocycles. The molecule has 58 valence electrons. The molecule has 1 aromatic heterocycles. The zero-order valence-corrected chi connectivity index (χ0v) is 6.68. The lowest BCUT2D eigenvalue weighted by molar-refractivity contribution is 1.15. The van der Waals surface area contributed by atoms with Crippen molar-refractivity contribution in [3.05, 3.63) is 29.1 Å². The van der Waals surface area contributed by atoms with Gasteiger partial charge >= 0.3 is 0 Å². The van der Waals surface area contributed by atoms with E-state index in [1.807, 2.05) is 19.9 Å². The predicted molar refractivity (Wildman–Crippen MR) is 44.7 cm³/mol. The van der Waals surface area contributed by atoms with Crippen LogP contribution in [-0.2, 0) is 0 Å². The summed E-state index contributed by atoms with van der Waals surface area (Å²) in [6.45, 7) is 3.77. The molecule has 0 spiro atoms. The maximum Gasteiger partial charge on any atom is 0.124 e. The number of hydrogen-bond acceptors (Lipinski definition) is 2. The zero-order chi connectivity index (χ0) is 8.43. The normalized spacial score (nSPS) is 9.64. The van der Waals surface area contributed by atoms with Gasteiger partial charge < -0.3 is 5.73 Å². The van der Waals surface area contributed by atoms with Crippen LogP contribution in [0.5, 0.6) is 0 Å². The van der Waals surface area contributed by atoms with Crippen molar-refractivity contribution in [1.82, 2.24) is 4.98 Å². The van der Waals surface area contributed by atoms with E-state index in [9.17, 15) is 0 Å². The molecule has 3 nitrogen and oxygen atoms in total. The minimum atomic E-state index is 0.0908. The van der Waals surface area contributed by atoms with Crippen LogP contribution >= 0.6 is 0 Å². The van der Waals surface area contributed by atoms with E-state index in [0.29, 0.717) is 0 Å². The third-order valence-electron chi connectivity index (χ3n) is 1.62. The molecular formula is C8H11N3. The van der Waals surface area contributed by atoms with Crippen molar-refractivity contribution in [2.75, 3.05) is 0 Å². The summed E-state index contributed by atoms with van der Waals surface area (Å²) in [5.74, 6) is 0.0908. The van der Waals surface area contributed by atoms with Gasteiger partial charge in [0, 0.05) is 17.5 Å². The number of aromatic nitrogens is 1. The lowest BCUT2D eigenvalue weighted by Crippen LogP contribution is -2.15. The second-order valence-corrected chi connectivity index (χ2v) is 2.50. The van der Waals surface area contributed by atoms with Crippen LogP contribution in [0.2, 0.25) is 0 Å². The second-order valence-electron chi connectivity index (χ2n) is 2.50. The first-order valence-corrected chi connectivity index (χ1v) is 3.39. The van der Waals surface area contributed by atoms with E-state index >= 15 is 0 Å². The lowest BCUT2D eigenvalue weighted by Gasteiger charge is -2.04. The molecule has 0 aliphatic heterocycles. The highest BCUT2D eigenvalue weighted by atomic mass is 14.7. The molecule has 0 fully saturated rings. The number of nitrogens with zero attached hydrogens (tertiary/aromatic N) is 1. The van der Waals surface area contributed by atoms with Gasteiger partial charge in [-0.2, -0.15) is 0 Å². The van der Waals surface area contributed by atoms with Crippen molar-refractivity contribution in [1.29, 1.82) is 5.41 Å². The molecule has 1 aromatic rings. The summed E-state index contributed by atoms with van der Waals surface area (Å²) in [4.78, 5) is 4.04. The number of rotatable bonds is 1. The number of nitrogen functional groups attached to an aromatic ring is 1. The Hall–Kier alpha value is -1.38. The molecule has 0 aromatic carbocycles. The molecule has 0 saturated heterocycles. The molecule has 11 heavy (non-hydrogen) atoms. The average molecular weight is 149 g/mol.